The number of Topliss-reactive ketones (excluding diaryl/α,β-unsaturated/α-hetero) is 1. The number of para-hydroxylation sites is 1. The zero-order chi connectivity index (χ0) is 14.9. The van der Waals surface area contributed by atoms with Crippen LogP contribution in [-0.2, 0) is 11.2 Å². The molecule has 4 heteroatoms. The molecule has 0 fully saturated rings. The predicted molar refractivity (Wildman–Crippen MR) is 78.2 cm³/mol. The fourth-order valence-electron chi connectivity index (χ4n) is 1.68. The predicted octanol–water partition coefficient (Wildman–Crippen LogP) is 2.78. The highest BCUT2D eigenvalue weighted by atomic mass is 16.5. The van der Waals surface area contributed by atoms with Gasteiger partial charge in [0.15, 0.2) is 0 Å². The number of carbonyl (C=O) groups excluding carboxylic acids is 1. The van der Waals surface area contributed by atoms with Gasteiger partial charge in [0, 0.05) is 0 Å². The molecule has 0 aliphatic carbocycles. The lowest BCUT2D eigenvalue weighted by Gasteiger charge is -2.07. The Bertz CT molecular complexity index is 615. The highest BCUT2D eigenvalue weighted by Crippen LogP contribution is 2.12. The number of rotatable bonds is 7. The molecule has 0 amide bonds. The van der Waals surface area contributed by atoms with E-state index in [1.54, 1.807) is 24.3 Å². The first-order chi connectivity index (χ1) is 10.3. The Kier molecular flexibility index (Phi) is 5.36. The summed E-state index contributed by atoms with van der Waals surface area (Å²) in [5.41, 5.74) is 0.920. The Labute approximate surface area is 123 Å². The summed E-state index contributed by atoms with van der Waals surface area (Å²) in [5.74, 6) is 1.12. The van der Waals surface area contributed by atoms with Crippen LogP contribution < -0.4 is 9.47 Å². The third kappa shape index (κ3) is 5.00. The SMILES string of the molecule is N#CCc1ccc(OCC(=O)COc2ccccc2)cc1. The number of nitrogens with zero attached hydrogens (tertiary/aromatic N) is 1. The van der Waals surface area contributed by atoms with Crippen LogP contribution in [0.25, 0.3) is 0 Å². The van der Waals surface area contributed by atoms with Crippen LogP contribution in [0.1, 0.15) is 5.56 Å². The van der Waals surface area contributed by atoms with E-state index in [0.29, 0.717) is 17.9 Å². The molecule has 4 nitrogen and oxygen atoms in total. The van der Waals surface area contributed by atoms with Gasteiger partial charge in [-0.15, -0.1) is 0 Å². The van der Waals surface area contributed by atoms with E-state index in [0.717, 1.165) is 5.56 Å². The molecule has 0 bridgehead atoms. The smallest absolute Gasteiger partial charge is 0.207 e. The molecule has 0 atom stereocenters. The van der Waals surface area contributed by atoms with Crippen LogP contribution in [0.2, 0.25) is 0 Å². The molecule has 0 N–H and O–H groups in total. The fourth-order valence-corrected chi connectivity index (χ4v) is 1.68. The Balaban J connectivity index is 1.75. The second-order valence-electron chi connectivity index (χ2n) is 4.41. The van der Waals surface area contributed by atoms with Crippen molar-refractivity contribution in [3.63, 3.8) is 0 Å². The maximum Gasteiger partial charge on any atom is 0.207 e. The van der Waals surface area contributed by atoms with E-state index in [-0.39, 0.29) is 19.0 Å². The molecule has 2 rings (SSSR count). The molecular weight excluding hydrogens is 266 g/mol. The van der Waals surface area contributed by atoms with Crippen molar-refractivity contribution in [1.29, 1.82) is 5.26 Å². The molecule has 21 heavy (non-hydrogen) atoms. The fraction of sp³-hybridized carbons (Fsp3) is 0.176. The number of benzene rings is 2. The maximum absolute atomic E-state index is 11.7. The molecule has 2 aromatic carbocycles. The van der Waals surface area contributed by atoms with Gasteiger partial charge in [-0.1, -0.05) is 30.3 Å². The summed E-state index contributed by atoms with van der Waals surface area (Å²) in [6.07, 6.45) is 0.365. The minimum absolute atomic E-state index is 0.0173. The van der Waals surface area contributed by atoms with Gasteiger partial charge in [0.1, 0.15) is 24.7 Å². The van der Waals surface area contributed by atoms with Crippen LogP contribution in [0, 0.1) is 11.3 Å². The molecule has 0 heterocycles. The quantitative estimate of drug-likeness (QED) is 0.783. The standard InChI is InChI=1S/C17H15NO3/c18-11-10-14-6-8-17(9-7-14)21-13-15(19)12-20-16-4-2-1-3-5-16/h1-9H,10,12-13H2. The maximum atomic E-state index is 11.7. The Hall–Kier alpha value is -2.80. The average molecular weight is 281 g/mol. The lowest BCUT2D eigenvalue weighted by atomic mass is 10.2. The van der Waals surface area contributed by atoms with Gasteiger partial charge in [0.25, 0.3) is 0 Å². The summed E-state index contributed by atoms with van der Waals surface area (Å²) >= 11 is 0. The van der Waals surface area contributed by atoms with E-state index in [2.05, 4.69) is 6.07 Å². The number of ketones is 1. The van der Waals surface area contributed by atoms with Gasteiger partial charge in [-0.05, 0) is 29.8 Å². The van der Waals surface area contributed by atoms with Gasteiger partial charge in [0.05, 0.1) is 12.5 Å². The Morgan fingerprint density at radius 1 is 0.905 bits per heavy atom. The van der Waals surface area contributed by atoms with Gasteiger partial charge in [-0.2, -0.15) is 5.26 Å². The lowest BCUT2D eigenvalue weighted by molar-refractivity contribution is -0.123. The van der Waals surface area contributed by atoms with Crippen molar-refractivity contribution in [2.75, 3.05) is 13.2 Å². The number of nitriles is 1. The number of hydrogen-bond donors (Lipinski definition) is 0. The van der Waals surface area contributed by atoms with E-state index in [1.807, 2.05) is 30.3 Å². The molecule has 0 unspecified atom stereocenters. The first kappa shape index (κ1) is 14.6. The molecule has 0 radical (unpaired) electrons. The van der Waals surface area contributed by atoms with Crippen LogP contribution in [0.5, 0.6) is 11.5 Å². The van der Waals surface area contributed by atoms with Gasteiger partial charge in [-0.25, -0.2) is 0 Å². The molecule has 0 spiro atoms. The number of hydrogen-bond acceptors (Lipinski definition) is 4. The summed E-state index contributed by atoms with van der Waals surface area (Å²) in [6, 6.07) is 18.4. The minimum Gasteiger partial charge on any atom is -0.486 e. The normalized spacial score (nSPS) is 9.67. The van der Waals surface area contributed by atoms with Crippen molar-refractivity contribution < 1.29 is 14.3 Å². The molecule has 0 saturated heterocycles. The van der Waals surface area contributed by atoms with Crippen LogP contribution >= 0.6 is 0 Å². The summed E-state index contributed by atoms with van der Waals surface area (Å²) in [4.78, 5) is 11.7. The van der Waals surface area contributed by atoms with Crippen molar-refractivity contribution in [2.45, 2.75) is 6.42 Å². The largest absolute Gasteiger partial charge is 0.486 e. The average Bonchev–Trinajstić information content (AvgIpc) is 2.53. The van der Waals surface area contributed by atoms with Gasteiger partial charge in [0.2, 0.25) is 5.78 Å². The van der Waals surface area contributed by atoms with E-state index in [4.69, 9.17) is 14.7 Å². The molecule has 106 valence electrons. The molecule has 0 saturated carbocycles. The summed E-state index contributed by atoms with van der Waals surface area (Å²) in [7, 11) is 0. The number of carbonyl (C=O) groups is 1. The molecule has 2 aromatic rings. The lowest BCUT2D eigenvalue weighted by Crippen LogP contribution is -2.19. The van der Waals surface area contributed by atoms with Gasteiger partial charge in [-0.3, -0.25) is 4.79 Å². The molecule has 0 aliphatic rings. The second kappa shape index (κ2) is 7.71. The summed E-state index contributed by atoms with van der Waals surface area (Å²) in [6.45, 7) is -0.0546. The summed E-state index contributed by atoms with van der Waals surface area (Å²) in [5, 5.41) is 8.58. The van der Waals surface area contributed by atoms with Crippen LogP contribution in [-0.4, -0.2) is 19.0 Å². The minimum atomic E-state index is -0.139. The topological polar surface area (TPSA) is 59.3 Å². The zero-order valence-electron chi connectivity index (χ0n) is 11.5. The first-order valence-electron chi connectivity index (χ1n) is 6.56. The van der Waals surface area contributed by atoms with E-state index < -0.39 is 0 Å². The zero-order valence-corrected chi connectivity index (χ0v) is 11.5. The van der Waals surface area contributed by atoms with Crippen LogP contribution in [0.3, 0.4) is 0 Å². The Morgan fingerprint density at radius 2 is 1.48 bits per heavy atom. The highest BCUT2D eigenvalue weighted by Gasteiger charge is 2.05. The van der Waals surface area contributed by atoms with E-state index in [9.17, 15) is 4.79 Å². The first-order valence-corrected chi connectivity index (χ1v) is 6.56. The van der Waals surface area contributed by atoms with E-state index in [1.165, 1.54) is 0 Å². The third-order valence-electron chi connectivity index (χ3n) is 2.75. The molecule has 0 aliphatic heterocycles. The highest BCUT2D eigenvalue weighted by molar-refractivity contribution is 5.81. The molecule has 0 aromatic heterocycles. The van der Waals surface area contributed by atoms with E-state index >= 15 is 0 Å². The summed E-state index contributed by atoms with van der Waals surface area (Å²) < 4.78 is 10.7. The monoisotopic (exact) mass is 281 g/mol. The molecular formula is C17H15NO3. The second-order valence-corrected chi connectivity index (χ2v) is 4.41. The van der Waals surface area contributed by atoms with Crippen molar-refractivity contribution >= 4 is 5.78 Å². The van der Waals surface area contributed by atoms with Crippen molar-refractivity contribution in [2.24, 2.45) is 0 Å². The van der Waals surface area contributed by atoms with Crippen LogP contribution in [0.15, 0.2) is 54.6 Å². The van der Waals surface area contributed by atoms with Crippen molar-refractivity contribution in [1.82, 2.24) is 0 Å². The van der Waals surface area contributed by atoms with Crippen molar-refractivity contribution in [3.8, 4) is 17.6 Å². The Morgan fingerprint density at radius 3 is 2.05 bits per heavy atom. The number of ether oxygens (including phenoxy) is 2. The third-order valence-corrected chi connectivity index (χ3v) is 2.75. The van der Waals surface area contributed by atoms with Crippen molar-refractivity contribution in [3.05, 3.63) is 60.2 Å². The van der Waals surface area contributed by atoms with Gasteiger partial charge >= 0.3 is 0 Å². The van der Waals surface area contributed by atoms with Gasteiger partial charge < -0.3 is 9.47 Å². The van der Waals surface area contributed by atoms with Crippen LogP contribution in [0.4, 0.5) is 0 Å².